The van der Waals surface area contributed by atoms with Crippen LogP contribution in [0.15, 0.2) is 54.6 Å². The number of amides is 2. The highest BCUT2D eigenvalue weighted by atomic mass is 19.1. The number of hydrogen-bond donors (Lipinski definition) is 6. The van der Waals surface area contributed by atoms with Crippen LogP contribution < -0.4 is 22.1 Å². The molecule has 0 aliphatic rings. The first-order valence-electron chi connectivity index (χ1n) is 9.53. The fraction of sp³-hybridized carbons (Fsp3) is 0.0909. The normalized spacial score (nSPS) is 10.9. The summed E-state index contributed by atoms with van der Waals surface area (Å²) in [6.07, 6.45) is 0. The van der Waals surface area contributed by atoms with Crippen LogP contribution in [-0.4, -0.2) is 21.3 Å². The van der Waals surface area contributed by atoms with E-state index in [0.29, 0.717) is 28.9 Å². The molecule has 158 valence electrons. The van der Waals surface area contributed by atoms with Crippen LogP contribution in [0.4, 0.5) is 26.4 Å². The van der Waals surface area contributed by atoms with Crippen molar-refractivity contribution in [2.75, 3.05) is 16.4 Å². The van der Waals surface area contributed by atoms with Gasteiger partial charge in [-0.1, -0.05) is 24.3 Å². The van der Waals surface area contributed by atoms with Crippen LogP contribution in [0.2, 0.25) is 0 Å². The van der Waals surface area contributed by atoms with Crippen molar-refractivity contribution in [3.63, 3.8) is 0 Å². The number of halogens is 1. The molecule has 0 aliphatic heterocycles. The summed E-state index contributed by atoms with van der Waals surface area (Å²) < 4.78 is 14.5. The van der Waals surface area contributed by atoms with Gasteiger partial charge in [0.1, 0.15) is 5.52 Å². The molecule has 31 heavy (non-hydrogen) atoms. The molecule has 9 heteroatoms. The summed E-state index contributed by atoms with van der Waals surface area (Å²) in [5, 5.41) is 21.9. The van der Waals surface area contributed by atoms with Gasteiger partial charge in [-0.15, -0.1) is 0 Å². The van der Waals surface area contributed by atoms with Crippen LogP contribution in [0.1, 0.15) is 11.1 Å². The first-order chi connectivity index (χ1) is 15.0. The van der Waals surface area contributed by atoms with E-state index in [9.17, 15) is 14.3 Å². The maximum atomic E-state index is 14.5. The number of fused-ring (bicyclic) bond motifs is 1. The summed E-state index contributed by atoms with van der Waals surface area (Å²) in [6.45, 7) is -0.0761. The number of rotatable bonds is 5. The summed E-state index contributed by atoms with van der Waals surface area (Å²) in [5.74, 6) is -0.422. The van der Waals surface area contributed by atoms with Crippen LogP contribution >= 0.6 is 0 Å². The van der Waals surface area contributed by atoms with Crippen molar-refractivity contribution in [2.24, 2.45) is 5.73 Å². The van der Waals surface area contributed by atoms with E-state index < -0.39 is 18.5 Å². The van der Waals surface area contributed by atoms with Crippen molar-refractivity contribution in [3.05, 3.63) is 71.5 Å². The minimum absolute atomic E-state index is 0.132. The van der Waals surface area contributed by atoms with E-state index in [0.717, 1.165) is 11.1 Å². The number of aromatic amines is 1. The van der Waals surface area contributed by atoms with Crippen LogP contribution in [0.25, 0.3) is 22.0 Å². The number of anilines is 3. The molecule has 3 aromatic carbocycles. The standard InChI is InChI=1S/C22H21FN6O2/c23-19-14(11-30)9-17(18-20(19)28-29-21(18)25)13-4-6-15(7-5-13)26-22(31)27-16-3-1-2-12(8-16)10-24/h1-9,30H,10-11,24H2,(H3,25,28,29)(H2,26,27,31). The molecule has 8 N–H and O–H groups in total. The topological polar surface area (TPSA) is 142 Å². The third-order valence-electron chi connectivity index (χ3n) is 4.93. The number of H-pyrrole nitrogens is 1. The molecular weight excluding hydrogens is 399 g/mol. The predicted molar refractivity (Wildman–Crippen MR) is 119 cm³/mol. The van der Waals surface area contributed by atoms with Crippen molar-refractivity contribution in [2.45, 2.75) is 13.2 Å². The first-order valence-corrected chi connectivity index (χ1v) is 9.53. The minimum Gasteiger partial charge on any atom is -0.392 e. The second-order valence-corrected chi connectivity index (χ2v) is 6.98. The largest absolute Gasteiger partial charge is 0.392 e. The Morgan fingerprint density at radius 3 is 2.55 bits per heavy atom. The Labute approximate surface area is 177 Å². The SMILES string of the molecule is NCc1cccc(NC(=O)Nc2ccc(-c3cc(CO)c(F)c4[nH]nc(N)c34)cc2)c1. The Morgan fingerprint density at radius 2 is 1.84 bits per heavy atom. The molecule has 1 heterocycles. The molecule has 0 saturated carbocycles. The molecule has 0 radical (unpaired) electrons. The van der Waals surface area contributed by atoms with Crippen LogP contribution in [0.3, 0.4) is 0 Å². The molecule has 0 saturated heterocycles. The number of urea groups is 1. The van der Waals surface area contributed by atoms with Gasteiger partial charge in [0.25, 0.3) is 0 Å². The quantitative estimate of drug-likeness (QED) is 0.293. The number of aliphatic hydroxyl groups is 1. The first kappa shape index (κ1) is 20.3. The van der Waals surface area contributed by atoms with Gasteiger partial charge in [-0.3, -0.25) is 5.10 Å². The number of nitrogens with zero attached hydrogens (tertiary/aromatic N) is 1. The van der Waals surface area contributed by atoms with Gasteiger partial charge in [0, 0.05) is 23.5 Å². The molecule has 1 aromatic heterocycles. The van der Waals surface area contributed by atoms with Gasteiger partial charge in [-0.2, -0.15) is 5.10 Å². The van der Waals surface area contributed by atoms with E-state index in [1.807, 2.05) is 12.1 Å². The zero-order valence-corrected chi connectivity index (χ0v) is 16.4. The molecular formula is C22H21FN6O2. The van der Waals surface area contributed by atoms with Gasteiger partial charge in [-0.25, -0.2) is 9.18 Å². The number of benzene rings is 3. The summed E-state index contributed by atoms with van der Waals surface area (Å²) in [5.41, 5.74) is 15.3. The Morgan fingerprint density at radius 1 is 1.10 bits per heavy atom. The van der Waals surface area contributed by atoms with Crippen LogP contribution in [-0.2, 0) is 13.2 Å². The van der Waals surface area contributed by atoms with Crippen molar-refractivity contribution >= 4 is 34.1 Å². The molecule has 2 amide bonds. The lowest BCUT2D eigenvalue weighted by Crippen LogP contribution is -2.19. The third-order valence-corrected chi connectivity index (χ3v) is 4.93. The summed E-state index contributed by atoms with van der Waals surface area (Å²) in [6, 6.07) is 15.4. The third kappa shape index (κ3) is 4.04. The maximum Gasteiger partial charge on any atom is 0.323 e. The number of carbonyl (C=O) groups is 1. The van der Waals surface area contributed by atoms with Crippen molar-refractivity contribution in [1.82, 2.24) is 10.2 Å². The average Bonchev–Trinajstić information content (AvgIpc) is 3.17. The van der Waals surface area contributed by atoms with Gasteiger partial charge >= 0.3 is 6.03 Å². The predicted octanol–water partition coefficient (Wildman–Crippen LogP) is 3.55. The van der Waals surface area contributed by atoms with Crippen LogP contribution in [0.5, 0.6) is 0 Å². The van der Waals surface area contributed by atoms with Gasteiger partial charge in [-0.05, 0) is 47.0 Å². The molecule has 8 nitrogen and oxygen atoms in total. The fourth-order valence-corrected chi connectivity index (χ4v) is 3.40. The van der Waals surface area contributed by atoms with E-state index >= 15 is 0 Å². The number of aliphatic hydroxyl groups excluding tert-OH is 1. The lowest BCUT2D eigenvalue weighted by Gasteiger charge is -2.11. The molecule has 4 rings (SSSR count). The molecule has 0 fully saturated rings. The zero-order chi connectivity index (χ0) is 22.0. The number of nitrogens with one attached hydrogen (secondary N) is 3. The molecule has 0 bridgehead atoms. The lowest BCUT2D eigenvalue weighted by atomic mass is 9.98. The van der Waals surface area contributed by atoms with Crippen LogP contribution in [0, 0.1) is 5.82 Å². The van der Waals surface area contributed by atoms with E-state index in [1.54, 1.807) is 42.5 Å². The van der Waals surface area contributed by atoms with Crippen molar-refractivity contribution < 1.29 is 14.3 Å². The van der Waals surface area contributed by atoms with Gasteiger partial charge in [0.2, 0.25) is 0 Å². The van der Waals surface area contributed by atoms with E-state index in [-0.39, 0.29) is 16.9 Å². The minimum atomic E-state index is -0.584. The molecule has 0 atom stereocenters. The van der Waals surface area contributed by atoms with Crippen molar-refractivity contribution in [1.29, 1.82) is 0 Å². The summed E-state index contributed by atoms with van der Waals surface area (Å²) >= 11 is 0. The fourth-order valence-electron chi connectivity index (χ4n) is 3.40. The highest BCUT2D eigenvalue weighted by molar-refractivity contribution is 6.03. The van der Waals surface area contributed by atoms with E-state index in [2.05, 4.69) is 20.8 Å². The number of nitrogen functional groups attached to an aromatic ring is 1. The summed E-state index contributed by atoms with van der Waals surface area (Å²) in [7, 11) is 0. The summed E-state index contributed by atoms with van der Waals surface area (Å²) in [4.78, 5) is 12.3. The lowest BCUT2D eigenvalue weighted by molar-refractivity contribution is 0.262. The molecule has 0 aliphatic carbocycles. The Balaban J connectivity index is 1.57. The van der Waals surface area contributed by atoms with Gasteiger partial charge in [0.05, 0.1) is 12.0 Å². The molecule has 0 spiro atoms. The second-order valence-electron chi connectivity index (χ2n) is 6.98. The number of carbonyl (C=O) groups excluding carboxylic acids is 1. The highest BCUT2D eigenvalue weighted by Gasteiger charge is 2.17. The second kappa shape index (κ2) is 8.42. The Kier molecular flexibility index (Phi) is 5.52. The molecule has 0 unspecified atom stereocenters. The smallest absolute Gasteiger partial charge is 0.323 e. The van der Waals surface area contributed by atoms with Gasteiger partial charge < -0.3 is 27.2 Å². The number of hydrogen-bond acceptors (Lipinski definition) is 5. The Hall–Kier alpha value is -3.95. The highest BCUT2D eigenvalue weighted by Crippen LogP contribution is 2.35. The average molecular weight is 420 g/mol. The number of nitrogens with two attached hydrogens (primary N) is 2. The number of aromatic nitrogens is 2. The van der Waals surface area contributed by atoms with E-state index in [4.69, 9.17) is 11.5 Å². The Bertz CT molecular complexity index is 1250. The van der Waals surface area contributed by atoms with Crippen molar-refractivity contribution in [3.8, 4) is 11.1 Å². The monoisotopic (exact) mass is 420 g/mol. The zero-order valence-electron chi connectivity index (χ0n) is 16.4. The maximum absolute atomic E-state index is 14.5. The molecule has 4 aromatic rings. The van der Waals surface area contributed by atoms with E-state index in [1.165, 1.54) is 0 Å². The van der Waals surface area contributed by atoms with Gasteiger partial charge in [0.15, 0.2) is 11.6 Å².